The van der Waals surface area contributed by atoms with Gasteiger partial charge in [-0.3, -0.25) is 0 Å². The Morgan fingerprint density at radius 1 is 1.00 bits per heavy atom. The maximum absolute atomic E-state index is 12.7. The second-order valence-corrected chi connectivity index (χ2v) is 10.4. The lowest BCUT2D eigenvalue weighted by molar-refractivity contribution is 0.272. The van der Waals surface area contributed by atoms with Gasteiger partial charge in [0, 0.05) is 31.2 Å². The molecule has 1 aliphatic heterocycles. The molecule has 0 radical (unpaired) electrons. The van der Waals surface area contributed by atoms with E-state index in [0.29, 0.717) is 6.42 Å². The molecule has 10 heteroatoms. The van der Waals surface area contributed by atoms with Gasteiger partial charge in [-0.15, -0.1) is 0 Å². The van der Waals surface area contributed by atoms with Crippen LogP contribution in [-0.4, -0.2) is 57.4 Å². The zero-order chi connectivity index (χ0) is 18.0. The van der Waals surface area contributed by atoms with Crippen molar-refractivity contribution >= 4 is 43.2 Å². The number of halogens is 2. The molecule has 24 heavy (non-hydrogen) atoms. The van der Waals surface area contributed by atoms with Gasteiger partial charge >= 0.3 is 0 Å². The van der Waals surface area contributed by atoms with E-state index in [-0.39, 0.29) is 46.9 Å². The molecular formula is C14H20Cl2N2O4S2. The third-order valence-corrected chi connectivity index (χ3v) is 8.43. The molecule has 0 spiro atoms. The number of sulfonamides is 2. The Labute approximate surface area is 153 Å². The average molecular weight is 415 g/mol. The van der Waals surface area contributed by atoms with Crippen LogP contribution < -0.4 is 0 Å². The SMILES string of the molecule is CCCCS(=O)(=O)N1CCN(S(=O)(=O)c2cc(Cl)ccc2Cl)CC1. The molecule has 1 heterocycles. The molecule has 1 aromatic carbocycles. The molecule has 6 nitrogen and oxygen atoms in total. The molecule has 0 atom stereocenters. The first-order valence-electron chi connectivity index (χ1n) is 7.61. The lowest BCUT2D eigenvalue weighted by atomic mass is 10.4. The summed E-state index contributed by atoms with van der Waals surface area (Å²) in [4.78, 5) is -0.0565. The van der Waals surface area contributed by atoms with Crippen LogP contribution in [0.15, 0.2) is 23.1 Å². The lowest BCUT2D eigenvalue weighted by Gasteiger charge is -2.33. The second kappa shape index (κ2) is 7.88. The highest BCUT2D eigenvalue weighted by atomic mass is 35.5. The van der Waals surface area contributed by atoms with Gasteiger partial charge in [-0.2, -0.15) is 8.61 Å². The van der Waals surface area contributed by atoms with Gasteiger partial charge in [-0.05, 0) is 24.6 Å². The van der Waals surface area contributed by atoms with Crippen molar-refractivity contribution < 1.29 is 16.8 Å². The fraction of sp³-hybridized carbons (Fsp3) is 0.571. The van der Waals surface area contributed by atoms with E-state index < -0.39 is 20.0 Å². The first-order chi connectivity index (χ1) is 11.2. The largest absolute Gasteiger partial charge is 0.244 e. The summed E-state index contributed by atoms with van der Waals surface area (Å²) in [7, 11) is -7.13. The number of hydrogen-bond donors (Lipinski definition) is 0. The minimum absolute atomic E-state index is 0.0565. The van der Waals surface area contributed by atoms with Crippen LogP contribution in [0.2, 0.25) is 10.0 Å². The van der Waals surface area contributed by atoms with E-state index in [0.717, 1.165) is 6.42 Å². The van der Waals surface area contributed by atoms with E-state index in [1.54, 1.807) is 0 Å². The third kappa shape index (κ3) is 4.42. The van der Waals surface area contributed by atoms with Crippen molar-refractivity contribution in [1.29, 1.82) is 0 Å². The molecule has 0 unspecified atom stereocenters. The first kappa shape index (κ1) is 19.9. The van der Waals surface area contributed by atoms with Crippen LogP contribution in [0.1, 0.15) is 19.8 Å². The molecule has 0 aromatic heterocycles. The van der Waals surface area contributed by atoms with Gasteiger partial charge in [-0.1, -0.05) is 36.5 Å². The van der Waals surface area contributed by atoms with Crippen molar-refractivity contribution in [3.63, 3.8) is 0 Å². The molecule has 2 rings (SSSR count). The van der Waals surface area contributed by atoms with Gasteiger partial charge in [0.1, 0.15) is 4.90 Å². The molecule has 1 aliphatic rings. The van der Waals surface area contributed by atoms with E-state index in [4.69, 9.17) is 23.2 Å². The van der Waals surface area contributed by atoms with Gasteiger partial charge in [0.2, 0.25) is 20.0 Å². The van der Waals surface area contributed by atoms with Crippen LogP contribution in [0.25, 0.3) is 0 Å². The Morgan fingerprint density at radius 2 is 1.58 bits per heavy atom. The van der Waals surface area contributed by atoms with Crippen LogP contribution in [-0.2, 0) is 20.0 Å². The minimum Gasteiger partial charge on any atom is -0.212 e. The number of hydrogen-bond acceptors (Lipinski definition) is 4. The van der Waals surface area contributed by atoms with Crippen molar-refractivity contribution in [2.75, 3.05) is 31.9 Å². The lowest BCUT2D eigenvalue weighted by Crippen LogP contribution is -2.50. The zero-order valence-electron chi connectivity index (χ0n) is 13.3. The number of benzene rings is 1. The smallest absolute Gasteiger partial charge is 0.212 e. The summed E-state index contributed by atoms with van der Waals surface area (Å²) < 4.78 is 52.4. The second-order valence-electron chi connectivity index (χ2n) is 5.55. The molecule has 1 saturated heterocycles. The van der Waals surface area contributed by atoms with Crippen molar-refractivity contribution in [1.82, 2.24) is 8.61 Å². The van der Waals surface area contributed by atoms with E-state index in [1.165, 1.54) is 26.8 Å². The molecule has 136 valence electrons. The summed E-state index contributed by atoms with van der Waals surface area (Å²) in [5.41, 5.74) is 0. The highest BCUT2D eigenvalue weighted by molar-refractivity contribution is 7.89. The number of rotatable bonds is 6. The van der Waals surface area contributed by atoms with Gasteiger partial charge in [0.25, 0.3) is 0 Å². The number of nitrogens with zero attached hydrogens (tertiary/aromatic N) is 2. The van der Waals surface area contributed by atoms with E-state index in [1.807, 2.05) is 6.92 Å². The molecule has 0 amide bonds. The molecule has 0 aliphatic carbocycles. The molecule has 1 aromatic rings. The van der Waals surface area contributed by atoms with Crippen LogP contribution in [0, 0.1) is 0 Å². The molecule has 0 bridgehead atoms. The summed E-state index contributed by atoms with van der Waals surface area (Å²) in [6.45, 7) is 2.40. The third-order valence-electron chi connectivity index (χ3n) is 3.86. The summed E-state index contributed by atoms with van der Waals surface area (Å²) in [6.07, 6.45) is 1.39. The standard InChI is InChI=1S/C14H20Cl2N2O4S2/c1-2-3-10-23(19,20)17-6-8-18(9-7-17)24(21,22)14-11-12(15)4-5-13(14)16/h4-5,11H,2-3,6-10H2,1H3. The summed E-state index contributed by atoms with van der Waals surface area (Å²) in [6, 6.07) is 4.26. The highest BCUT2D eigenvalue weighted by Gasteiger charge is 2.33. The first-order valence-corrected chi connectivity index (χ1v) is 11.4. The average Bonchev–Trinajstić information content (AvgIpc) is 2.55. The van der Waals surface area contributed by atoms with Crippen molar-refractivity contribution in [3.05, 3.63) is 28.2 Å². The Balaban J connectivity index is 2.13. The van der Waals surface area contributed by atoms with Crippen LogP contribution in [0.4, 0.5) is 0 Å². The van der Waals surface area contributed by atoms with Gasteiger partial charge < -0.3 is 0 Å². The predicted octanol–water partition coefficient (Wildman–Crippen LogP) is 2.43. The van der Waals surface area contributed by atoms with Gasteiger partial charge in [-0.25, -0.2) is 16.8 Å². The molecular weight excluding hydrogens is 395 g/mol. The summed E-state index contributed by atoms with van der Waals surface area (Å²) in [5.74, 6) is 0.0936. The minimum atomic E-state index is -3.81. The predicted molar refractivity (Wildman–Crippen MR) is 95.5 cm³/mol. The number of piperazine rings is 1. The Morgan fingerprint density at radius 3 is 2.17 bits per heavy atom. The monoisotopic (exact) mass is 414 g/mol. The number of unbranched alkanes of at least 4 members (excludes halogenated alkanes) is 1. The van der Waals surface area contributed by atoms with Crippen molar-refractivity contribution in [3.8, 4) is 0 Å². The topological polar surface area (TPSA) is 74.8 Å². The maximum Gasteiger partial charge on any atom is 0.244 e. The maximum atomic E-state index is 12.7. The van der Waals surface area contributed by atoms with Crippen LogP contribution >= 0.6 is 23.2 Å². The fourth-order valence-electron chi connectivity index (χ4n) is 2.46. The van der Waals surface area contributed by atoms with E-state index in [9.17, 15) is 16.8 Å². The summed E-state index contributed by atoms with van der Waals surface area (Å²) in [5, 5.41) is 0.371. The van der Waals surface area contributed by atoms with Crippen molar-refractivity contribution in [2.45, 2.75) is 24.7 Å². The van der Waals surface area contributed by atoms with E-state index >= 15 is 0 Å². The van der Waals surface area contributed by atoms with E-state index in [2.05, 4.69) is 0 Å². The Kier molecular flexibility index (Phi) is 6.55. The quantitative estimate of drug-likeness (QED) is 0.715. The Bertz CT molecular complexity index is 789. The van der Waals surface area contributed by atoms with Crippen LogP contribution in [0.3, 0.4) is 0 Å². The van der Waals surface area contributed by atoms with Gasteiger partial charge in [0.15, 0.2) is 0 Å². The Hall–Kier alpha value is -0.380. The normalized spacial score (nSPS) is 18.0. The van der Waals surface area contributed by atoms with Gasteiger partial charge in [0.05, 0.1) is 10.8 Å². The molecule has 1 fully saturated rings. The zero-order valence-corrected chi connectivity index (χ0v) is 16.4. The van der Waals surface area contributed by atoms with Crippen molar-refractivity contribution in [2.24, 2.45) is 0 Å². The fourth-order valence-corrected chi connectivity index (χ4v) is 6.25. The molecule has 0 saturated carbocycles. The molecule has 0 N–H and O–H groups in total. The summed E-state index contributed by atoms with van der Waals surface area (Å²) >= 11 is 11.9. The van der Waals surface area contributed by atoms with Crippen LogP contribution in [0.5, 0.6) is 0 Å². The highest BCUT2D eigenvalue weighted by Crippen LogP contribution is 2.28.